The molecule has 0 saturated carbocycles. The molecule has 2 rings (SSSR count). The number of carbonyl (C=O) groups is 4. The van der Waals surface area contributed by atoms with Crippen molar-refractivity contribution in [1.82, 2.24) is 25.5 Å². The standard InChI is InChI=1S/C20H33N7O5/c1-12(19(30)27-8-4-6-16(27)20(31)32)25-18(29)15(9-13-10-23-11-24-13)26-17(28)14(22)5-2-3-7-21/h10-12,14-16H,2-9,21-22H2,1H3,(H,23,24)(H,25,29)(H,26,28)(H,31,32). The Labute approximate surface area is 186 Å². The number of likely N-dealkylation sites (tertiary alicyclic amines) is 1. The number of nitrogens with zero attached hydrogens (tertiary/aromatic N) is 2. The van der Waals surface area contributed by atoms with E-state index in [4.69, 9.17) is 11.5 Å². The molecule has 32 heavy (non-hydrogen) atoms. The van der Waals surface area contributed by atoms with Gasteiger partial charge in [-0.1, -0.05) is 6.42 Å². The molecule has 1 fully saturated rings. The van der Waals surface area contributed by atoms with Crippen LogP contribution in [0.1, 0.15) is 44.7 Å². The number of H-pyrrole nitrogens is 1. The SMILES string of the molecule is CC(NC(=O)C(Cc1cnc[nH]1)NC(=O)C(N)CCCCN)C(=O)N1CCCC1C(=O)O. The second-order valence-electron chi connectivity index (χ2n) is 7.99. The van der Waals surface area contributed by atoms with Gasteiger partial charge in [0.1, 0.15) is 18.1 Å². The third-order valence-corrected chi connectivity index (χ3v) is 5.47. The minimum atomic E-state index is -1.07. The summed E-state index contributed by atoms with van der Waals surface area (Å²) in [5, 5.41) is 14.5. The number of carbonyl (C=O) groups excluding carboxylic acids is 3. The number of unbranched alkanes of at least 4 members (excludes halogenated alkanes) is 1. The van der Waals surface area contributed by atoms with Crippen LogP contribution in [0.25, 0.3) is 0 Å². The zero-order valence-corrected chi connectivity index (χ0v) is 18.3. The summed E-state index contributed by atoms with van der Waals surface area (Å²) in [4.78, 5) is 57.6. The molecule has 8 N–H and O–H groups in total. The van der Waals surface area contributed by atoms with Crippen molar-refractivity contribution in [2.45, 2.75) is 69.6 Å². The predicted octanol–water partition coefficient (Wildman–Crippen LogP) is -1.53. The molecule has 1 aromatic rings. The Morgan fingerprint density at radius 2 is 2.03 bits per heavy atom. The number of nitrogens with one attached hydrogen (secondary N) is 3. The summed E-state index contributed by atoms with van der Waals surface area (Å²) in [6.07, 6.45) is 5.94. The number of aromatic amines is 1. The van der Waals surface area contributed by atoms with Crippen LogP contribution < -0.4 is 22.1 Å². The smallest absolute Gasteiger partial charge is 0.326 e. The van der Waals surface area contributed by atoms with Crippen LogP contribution in [0, 0.1) is 0 Å². The fraction of sp³-hybridized carbons (Fsp3) is 0.650. The Morgan fingerprint density at radius 3 is 2.66 bits per heavy atom. The summed E-state index contributed by atoms with van der Waals surface area (Å²) in [6, 6.07) is -3.64. The van der Waals surface area contributed by atoms with Gasteiger partial charge in [0.05, 0.1) is 12.4 Å². The van der Waals surface area contributed by atoms with Gasteiger partial charge in [-0.3, -0.25) is 14.4 Å². The Morgan fingerprint density at radius 1 is 1.28 bits per heavy atom. The van der Waals surface area contributed by atoms with E-state index in [-0.39, 0.29) is 6.42 Å². The number of aliphatic carboxylic acids is 1. The first-order chi connectivity index (χ1) is 15.2. The minimum Gasteiger partial charge on any atom is -0.480 e. The van der Waals surface area contributed by atoms with Crippen LogP contribution in [0.4, 0.5) is 0 Å². The number of carboxylic acid groups (broad SMARTS) is 1. The first-order valence-electron chi connectivity index (χ1n) is 10.8. The highest BCUT2D eigenvalue weighted by molar-refractivity contribution is 5.94. The van der Waals surface area contributed by atoms with E-state index in [1.807, 2.05) is 0 Å². The molecule has 1 aliphatic rings. The summed E-state index contributed by atoms with van der Waals surface area (Å²) in [5.74, 6) is -2.60. The number of amides is 3. The summed E-state index contributed by atoms with van der Waals surface area (Å²) >= 11 is 0. The quantitative estimate of drug-likeness (QED) is 0.206. The molecule has 1 aliphatic heterocycles. The highest BCUT2D eigenvalue weighted by Gasteiger charge is 2.37. The first-order valence-corrected chi connectivity index (χ1v) is 10.8. The van der Waals surface area contributed by atoms with E-state index in [0.717, 1.165) is 6.42 Å². The highest BCUT2D eigenvalue weighted by atomic mass is 16.4. The van der Waals surface area contributed by atoms with E-state index in [0.29, 0.717) is 44.5 Å². The van der Waals surface area contributed by atoms with Crippen molar-refractivity contribution >= 4 is 23.7 Å². The lowest BCUT2D eigenvalue weighted by atomic mass is 10.1. The maximum atomic E-state index is 12.9. The minimum absolute atomic E-state index is 0.121. The van der Waals surface area contributed by atoms with Crippen molar-refractivity contribution in [3.8, 4) is 0 Å². The number of aromatic nitrogens is 2. The summed E-state index contributed by atoms with van der Waals surface area (Å²) < 4.78 is 0. The molecule has 4 atom stereocenters. The second kappa shape index (κ2) is 12.2. The van der Waals surface area contributed by atoms with Gasteiger partial charge in [0.25, 0.3) is 0 Å². The molecular weight excluding hydrogens is 418 g/mol. The van der Waals surface area contributed by atoms with Crippen LogP contribution in [0.2, 0.25) is 0 Å². The topological polar surface area (TPSA) is 197 Å². The number of carboxylic acids is 1. The lowest BCUT2D eigenvalue weighted by Gasteiger charge is -2.27. The van der Waals surface area contributed by atoms with Crippen LogP contribution in [0.5, 0.6) is 0 Å². The van der Waals surface area contributed by atoms with Gasteiger partial charge in [-0.25, -0.2) is 9.78 Å². The molecule has 0 aromatic carbocycles. The Hall–Kier alpha value is -2.99. The number of rotatable bonds is 12. The van der Waals surface area contributed by atoms with Crippen LogP contribution in [-0.2, 0) is 25.6 Å². The Balaban J connectivity index is 2.02. The predicted molar refractivity (Wildman–Crippen MR) is 115 cm³/mol. The summed E-state index contributed by atoms with van der Waals surface area (Å²) in [7, 11) is 0. The molecular formula is C20H33N7O5. The third kappa shape index (κ3) is 7.02. The van der Waals surface area contributed by atoms with Crippen molar-refractivity contribution in [3.63, 3.8) is 0 Å². The van der Waals surface area contributed by atoms with E-state index >= 15 is 0 Å². The van der Waals surface area contributed by atoms with E-state index in [1.165, 1.54) is 24.3 Å². The maximum absolute atomic E-state index is 12.9. The summed E-state index contributed by atoms with van der Waals surface area (Å²) in [5.41, 5.74) is 12.0. The molecule has 1 aromatic heterocycles. The molecule has 4 unspecified atom stereocenters. The Bertz CT molecular complexity index is 785. The van der Waals surface area contributed by atoms with Crippen molar-refractivity contribution in [1.29, 1.82) is 0 Å². The van der Waals surface area contributed by atoms with Crippen molar-refractivity contribution in [2.75, 3.05) is 13.1 Å². The molecule has 0 radical (unpaired) electrons. The molecule has 12 heteroatoms. The largest absolute Gasteiger partial charge is 0.480 e. The molecule has 2 heterocycles. The van der Waals surface area contributed by atoms with Gasteiger partial charge < -0.3 is 37.1 Å². The van der Waals surface area contributed by atoms with E-state index in [2.05, 4.69) is 20.6 Å². The lowest BCUT2D eigenvalue weighted by molar-refractivity contribution is -0.149. The molecule has 12 nitrogen and oxygen atoms in total. The fourth-order valence-electron chi connectivity index (χ4n) is 3.66. The molecule has 3 amide bonds. The number of nitrogens with two attached hydrogens (primary N) is 2. The van der Waals surface area contributed by atoms with Crippen LogP contribution in [0.3, 0.4) is 0 Å². The van der Waals surface area contributed by atoms with Crippen molar-refractivity contribution in [2.24, 2.45) is 11.5 Å². The first kappa shape index (κ1) is 25.3. The Kier molecular flexibility index (Phi) is 9.60. The van der Waals surface area contributed by atoms with Gasteiger partial charge in [0.15, 0.2) is 0 Å². The third-order valence-electron chi connectivity index (χ3n) is 5.47. The van der Waals surface area contributed by atoms with Gasteiger partial charge in [-0.2, -0.15) is 0 Å². The normalized spacial score (nSPS) is 18.6. The van der Waals surface area contributed by atoms with Gasteiger partial charge in [0.2, 0.25) is 17.7 Å². The highest BCUT2D eigenvalue weighted by Crippen LogP contribution is 2.18. The zero-order valence-electron chi connectivity index (χ0n) is 18.3. The lowest BCUT2D eigenvalue weighted by Crippen LogP contribution is -2.57. The average molecular weight is 452 g/mol. The van der Waals surface area contributed by atoms with E-state index in [1.54, 1.807) is 0 Å². The van der Waals surface area contributed by atoms with Crippen LogP contribution in [0.15, 0.2) is 12.5 Å². The number of hydrogen-bond donors (Lipinski definition) is 6. The van der Waals surface area contributed by atoms with Crippen LogP contribution >= 0.6 is 0 Å². The number of hydrogen-bond acceptors (Lipinski definition) is 7. The molecule has 178 valence electrons. The van der Waals surface area contributed by atoms with Gasteiger partial charge in [-0.15, -0.1) is 0 Å². The number of imidazole rings is 1. The fourth-order valence-corrected chi connectivity index (χ4v) is 3.66. The maximum Gasteiger partial charge on any atom is 0.326 e. The van der Waals surface area contributed by atoms with Gasteiger partial charge in [0, 0.05) is 24.9 Å². The summed E-state index contributed by atoms with van der Waals surface area (Å²) in [6.45, 7) is 2.32. The molecule has 1 saturated heterocycles. The van der Waals surface area contributed by atoms with Gasteiger partial charge >= 0.3 is 5.97 Å². The average Bonchev–Trinajstić information content (AvgIpc) is 3.44. The van der Waals surface area contributed by atoms with E-state index in [9.17, 15) is 24.3 Å². The molecule has 0 bridgehead atoms. The molecule has 0 aliphatic carbocycles. The van der Waals surface area contributed by atoms with Crippen LogP contribution in [-0.4, -0.2) is 80.9 Å². The monoisotopic (exact) mass is 451 g/mol. The van der Waals surface area contributed by atoms with Crippen molar-refractivity contribution < 1.29 is 24.3 Å². The van der Waals surface area contributed by atoms with Gasteiger partial charge in [-0.05, 0) is 39.2 Å². The molecule has 0 spiro atoms. The zero-order chi connectivity index (χ0) is 23.7. The van der Waals surface area contributed by atoms with E-state index < -0.39 is 47.9 Å². The van der Waals surface area contributed by atoms with Crippen molar-refractivity contribution in [3.05, 3.63) is 18.2 Å². The second-order valence-corrected chi connectivity index (χ2v) is 7.99.